The maximum Gasteiger partial charge on any atom is 0.238 e. The van der Waals surface area contributed by atoms with Gasteiger partial charge in [-0.05, 0) is 39.9 Å². The zero-order chi connectivity index (χ0) is 14.5. The smallest absolute Gasteiger partial charge is 0.238 e. The molecule has 2 rings (SSSR count). The van der Waals surface area contributed by atoms with E-state index in [-0.39, 0.29) is 0 Å². The molecular formula is C14H17BrN4O. The van der Waals surface area contributed by atoms with E-state index < -0.39 is 0 Å². The highest BCUT2D eigenvalue weighted by molar-refractivity contribution is 9.10. The number of nitrogens with zero attached hydrogens (tertiary/aromatic N) is 2. The first-order valence-corrected chi connectivity index (χ1v) is 7.20. The second-order valence-corrected chi connectivity index (χ2v) is 5.23. The molecule has 1 aromatic carbocycles. The summed E-state index contributed by atoms with van der Waals surface area (Å²) in [6, 6.07) is 7.96. The normalized spacial score (nSPS) is 12.0. The quantitative estimate of drug-likeness (QED) is 0.641. The Morgan fingerprint density at radius 2 is 2.10 bits per heavy atom. The van der Waals surface area contributed by atoms with Crippen LogP contribution in [0.3, 0.4) is 0 Å². The van der Waals surface area contributed by atoms with Crippen LogP contribution in [-0.2, 0) is 0 Å². The van der Waals surface area contributed by atoms with Gasteiger partial charge in [0.25, 0.3) is 0 Å². The summed E-state index contributed by atoms with van der Waals surface area (Å²) in [6.07, 6.45) is 2.45. The van der Waals surface area contributed by atoms with Crippen LogP contribution in [0.2, 0.25) is 0 Å². The zero-order valence-electron chi connectivity index (χ0n) is 11.4. The molecule has 20 heavy (non-hydrogen) atoms. The second-order valence-electron chi connectivity index (χ2n) is 4.43. The van der Waals surface area contributed by atoms with Crippen LogP contribution in [0.4, 0.5) is 5.82 Å². The number of hydrazine groups is 1. The molecule has 5 nitrogen and oxygen atoms in total. The number of aromatic nitrogens is 2. The van der Waals surface area contributed by atoms with E-state index >= 15 is 0 Å². The van der Waals surface area contributed by atoms with Crippen molar-refractivity contribution in [3.05, 3.63) is 40.6 Å². The Bertz CT molecular complexity index is 591. The Hall–Kier alpha value is -1.66. The number of nitrogens with one attached hydrogen (secondary N) is 1. The fraction of sp³-hybridized carbons (Fsp3) is 0.286. The lowest BCUT2D eigenvalue weighted by Gasteiger charge is -2.15. The van der Waals surface area contributed by atoms with Gasteiger partial charge >= 0.3 is 0 Å². The molecule has 106 valence electrons. The van der Waals surface area contributed by atoms with E-state index in [1.54, 1.807) is 0 Å². The number of para-hydroxylation sites is 1. The highest BCUT2D eigenvalue weighted by Crippen LogP contribution is 2.35. The highest BCUT2D eigenvalue weighted by atomic mass is 79.9. The summed E-state index contributed by atoms with van der Waals surface area (Å²) in [7, 11) is 0. The van der Waals surface area contributed by atoms with Crippen LogP contribution in [0.5, 0.6) is 11.6 Å². The lowest BCUT2D eigenvalue weighted by atomic mass is 9.98. The number of hydrogen-bond donors (Lipinski definition) is 2. The van der Waals surface area contributed by atoms with E-state index in [2.05, 4.69) is 51.2 Å². The third-order valence-corrected chi connectivity index (χ3v) is 3.88. The summed E-state index contributed by atoms with van der Waals surface area (Å²) in [4.78, 5) is 8.13. The summed E-state index contributed by atoms with van der Waals surface area (Å²) >= 11 is 3.39. The number of halogens is 1. The first kappa shape index (κ1) is 14.7. The lowest BCUT2D eigenvalue weighted by Crippen LogP contribution is -2.10. The molecule has 6 heteroatoms. The molecule has 0 aliphatic rings. The monoisotopic (exact) mass is 336 g/mol. The number of nitrogens with two attached hydrogens (primary N) is 1. The minimum absolute atomic E-state index is 0.416. The van der Waals surface area contributed by atoms with Gasteiger partial charge in [-0.3, -0.25) is 0 Å². The largest absolute Gasteiger partial charge is 0.437 e. The number of anilines is 1. The second kappa shape index (κ2) is 6.67. The topological polar surface area (TPSA) is 73.1 Å². The summed E-state index contributed by atoms with van der Waals surface area (Å²) in [5.41, 5.74) is 3.65. The van der Waals surface area contributed by atoms with E-state index in [1.165, 1.54) is 6.33 Å². The molecule has 1 heterocycles. The van der Waals surface area contributed by atoms with Crippen molar-refractivity contribution in [1.29, 1.82) is 0 Å². The van der Waals surface area contributed by atoms with E-state index in [1.807, 2.05) is 18.2 Å². The molecular weight excluding hydrogens is 320 g/mol. The van der Waals surface area contributed by atoms with Crippen molar-refractivity contribution in [3.8, 4) is 11.6 Å². The van der Waals surface area contributed by atoms with Gasteiger partial charge in [0.2, 0.25) is 5.88 Å². The van der Waals surface area contributed by atoms with Crippen molar-refractivity contribution in [2.24, 2.45) is 5.84 Å². The number of nitrogen functional groups attached to an aromatic ring is 1. The van der Waals surface area contributed by atoms with Crippen LogP contribution in [0, 0.1) is 0 Å². The molecule has 0 fully saturated rings. The Labute approximate surface area is 126 Å². The molecule has 0 aliphatic heterocycles. The fourth-order valence-corrected chi connectivity index (χ4v) is 2.23. The first-order valence-electron chi connectivity index (χ1n) is 6.41. The number of hydrogen-bond acceptors (Lipinski definition) is 5. The fourth-order valence-electron chi connectivity index (χ4n) is 1.83. The van der Waals surface area contributed by atoms with Gasteiger partial charge in [0.05, 0.1) is 0 Å². The van der Waals surface area contributed by atoms with Gasteiger partial charge in [-0.1, -0.05) is 32.0 Å². The van der Waals surface area contributed by atoms with E-state index in [0.29, 0.717) is 22.1 Å². The van der Waals surface area contributed by atoms with Gasteiger partial charge in [-0.2, -0.15) is 0 Å². The third-order valence-electron chi connectivity index (χ3n) is 3.16. The predicted molar refractivity (Wildman–Crippen MR) is 82.8 cm³/mol. The molecule has 1 aromatic heterocycles. The average molecular weight is 337 g/mol. The predicted octanol–water partition coefficient (Wildman–Crippen LogP) is 3.83. The van der Waals surface area contributed by atoms with Crippen LogP contribution < -0.4 is 16.0 Å². The van der Waals surface area contributed by atoms with E-state index in [0.717, 1.165) is 17.7 Å². The molecule has 0 spiro atoms. The Balaban J connectivity index is 2.35. The van der Waals surface area contributed by atoms with Crippen LogP contribution in [-0.4, -0.2) is 9.97 Å². The average Bonchev–Trinajstić information content (AvgIpc) is 2.49. The maximum absolute atomic E-state index is 5.91. The molecule has 1 atom stereocenters. The van der Waals surface area contributed by atoms with Gasteiger partial charge in [0, 0.05) is 0 Å². The number of ether oxygens (including phenoxy) is 1. The Morgan fingerprint density at radius 3 is 2.80 bits per heavy atom. The highest BCUT2D eigenvalue weighted by Gasteiger charge is 2.14. The van der Waals surface area contributed by atoms with Crippen LogP contribution in [0.25, 0.3) is 0 Å². The number of benzene rings is 1. The molecule has 1 unspecified atom stereocenters. The zero-order valence-corrected chi connectivity index (χ0v) is 13.0. The van der Waals surface area contributed by atoms with Crippen molar-refractivity contribution in [3.63, 3.8) is 0 Å². The molecule has 0 aliphatic carbocycles. The molecule has 0 radical (unpaired) electrons. The van der Waals surface area contributed by atoms with Crippen molar-refractivity contribution in [2.75, 3.05) is 5.43 Å². The first-order chi connectivity index (χ1) is 9.67. The van der Waals surface area contributed by atoms with Crippen molar-refractivity contribution in [1.82, 2.24) is 9.97 Å². The summed E-state index contributed by atoms with van der Waals surface area (Å²) in [6.45, 7) is 4.32. The SMILES string of the molecule is CCC(C)c1ccccc1Oc1ncnc(NN)c1Br. The van der Waals surface area contributed by atoms with Crippen LogP contribution in [0.15, 0.2) is 35.1 Å². The number of rotatable bonds is 5. The van der Waals surface area contributed by atoms with E-state index in [9.17, 15) is 0 Å². The minimum atomic E-state index is 0.416. The molecule has 0 bridgehead atoms. The summed E-state index contributed by atoms with van der Waals surface area (Å²) < 4.78 is 6.51. The van der Waals surface area contributed by atoms with Crippen LogP contribution in [0.1, 0.15) is 31.7 Å². The van der Waals surface area contributed by atoms with E-state index in [4.69, 9.17) is 10.6 Å². The summed E-state index contributed by atoms with van der Waals surface area (Å²) in [5.74, 6) is 7.51. The maximum atomic E-state index is 5.91. The minimum Gasteiger partial charge on any atom is -0.437 e. The Morgan fingerprint density at radius 1 is 1.35 bits per heavy atom. The van der Waals surface area contributed by atoms with Crippen molar-refractivity contribution < 1.29 is 4.74 Å². The Kier molecular flexibility index (Phi) is 4.92. The molecule has 2 aromatic rings. The van der Waals surface area contributed by atoms with Gasteiger partial charge in [0.15, 0.2) is 5.82 Å². The van der Waals surface area contributed by atoms with Gasteiger partial charge in [0.1, 0.15) is 16.5 Å². The van der Waals surface area contributed by atoms with Crippen molar-refractivity contribution in [2.45, 2.75) is 26.2 Å². The van der Waals surface area contributed by atoms with Gasteiger partial charge in [-0.15, -0.1) is 0 Å². The lowest BCUT2D eigenvalue weighted by molar-refractivity contribution is 0.448. The molecule has 0 saturated carbocycles. The summed E-state index contributed by atoms with van der Waals surface area (Å²) in [5, 5.41) is 0. The molecule has 0 amide bonds. The standard InChI is InChI=1S/C14H17BrN4O/c1-3-9(2)10-6-4-5-7-11(10)20-14-12(15)13(19-16)17-8-18-14/h4-9H,3,16H2,1-2H3,(H,17,18,19). The molecule has 3 N–H and O–H groups in total. The van der Waals surface area contributed by atoms with Gasteiger partial charge in [-0.25, -0.2) is 15.8 Å². The van der Waals surface area contributed by atoms with Gasteiger partial charge < -0.3 is 10.2 Å². The molecule has 0 saturated heterocycles. The third kappa shape index (κ3) is 3.08. The van der Waals surface area contributed by atoms with Crippen LogP contribution >= 0.6 is 15.9 Å². The van der Waals surface area contributed by atoms with Crippen molar-refractivity contribution >= 4 is 21.7 Å².